The monoisotopic (exact) mass is 545 g/mol. The zero-order valence-corrected chi connectivity index (χ0v) is 23.6. The van der Waals surface area contributed by atoms with E-state index < -0.39 is 17.6 Å². The second-order valence-corrected chi connectivity index (χ2v) is 12.2. The Morgan fingerprint density at radius 2 is 1.68 bits per heavy atom. The van der Waals surface area contributed by atoms with Gasteiger partial charge >= 0.3 is 0 Å². The van der Waals surface area contributed by atoms with Crippen LogP contribution >= 0.6 is 11.6 Å². The largest absolute Gasteiger partial charge is 0.350 e. The highest BCUT2D eigenvalue weighted by Crippen LogP contribution is 2.40. The Morgan fingerprint density at radius 3 is 2.29 bits per heavy atom. The van der Waals surface area contributed by atoms with Crippen LogP contribution in [0.3, 0.4) is 0 Å². The maximum atomic E-state index is 14.8. The van der Waals surface area contributed by atoms with Crippen LogP contribution in [-0.4, -0.2) is 53.3 Å². The van der Waals surface area contributed by atoms with Gasteiger partial charge < -0.3 is 10.2 Å². The van der Waals surface area contributed by atoms with Gasteiger partial charge in [0.2, 0.25) is 11.8 Å². The fraction of sp³-hybridized carbons (Fsp3) is 0.533. The molecule has 2 heterocycles. The smallest absolute Gasteiger partial charge is 0.227 e. The molecule has 38 heavy (non-hydrogen) atoms. The van der Waals surface area contributed by atoms with Crippen LogP contribution in [0.5, 0.6) is 0 Å². The minimum Gasteiger partial charge on any atom is -0.350 e. The summed E-state index contributed by atoms with van der Waals surface area (Å²) < 4.78 is 28.5. The Hall–Kier alpha value is -2.51. The second kappa shape index (κ2) is 11.3. The second-order valence-electron chi connectivity index (χ2n) is 11.7. The number of nitrogens with zero attached hydrogens (tertiary/aromatic N) is 2. The number of nitrogens with one attached hydrogen (secondary N) is 1. The lowest BCUT2D eigenvalue weighted by Gasteiger charge is -2.36. The normalized spacial score (nSPS) is 21.9. The van der Waals surface area contributed by atoms with E-state index in [1.54, 1.807) is 0 Å². The molecule has 2 unspecified atom stereocenters. The van der Waals surface area contributed by atoms with Crippen LogP contribution < -0.4 is 5.32 Å². The van der Waals surface area contributed by atoms with Crippen LogP contribution in [0, 0.1) is 17.6 Å². The van der Waals surface area contributed by atoms with Crippen LogP contribution in [-0.2, 0) is 9.59 Å². The zero-order chi connectivity index (χ0) is 27.8. The van der Waals surface area contributed by atoms with Gasteiger partial charge in [-0.2, -0.15) is 0 Å². The van der Waals surface area contributed by atoms with Gasteiger partial charge in [0.05, 0.1) is 12.0 Å². The summed E-state index contributed by atoms with van der Waals surface area (Å²) in [6.45, 7) is 12.0. The number of hydrogen-bond donors (Lipinski definition) is 1. The number of rotatable bonds is 5. The van der Waals surface area contributed by atoms with E-state index in [1.165, 1.54) is 19.1 Å². The van der Waals surface area contributed by atoms with E-state index in [9.17, 15) is 18.4 Å². The third-order valence-corrected chi connectivity index (χ3v) is 8.36. The number of piperidine rings is 1. The molecule has 2 aromatic carbocycles. The van der Waals surface area contributed by atoms with Crippen LogP contribution in [0.1, 0.15) is 82.0 Å². The molecule has 0 aliphatic carbocycles. The molecule has 0 saturated carbocycles. The van der Waals surface area contributed by atoms with E-state index >= 15 is 0 Å². The number of carbonyl (C=O) groups excluding carboxylic acids is 2. The van der Waals surface area contributed by atoms with Crippen molar-refractivity contribution in [3.8, 4) is 0 Å². The lowest BCUT2D eigenvalue weighted by atomic mass is 9.83. The van der Waals surface area contributed by atoms with Crippen molar-refractivity contribution >= 4 is 23.4 Å². The van der Waals surface area contributed by atoms with Gasteiger partial charge in [0, 0.05) is 55.6 Å². The summed E-state index contributed by atoms with van der Waals surface area (Å²) >= 11 is 6.28. The van der Waals surface area contributed by atoms with E-state index in [2.05, 4.69) is 31.0 Å². The average Bonchev–Trinajstić information content (AvgIpc) is 3.29. The SMILES string of the molecule is CC(=O)NC(C)c1cc(Cl)ccc1C1CCN(C(=O)[C@@H]2CN(C(C)(C)C)CC2c2ccc(F)cc2F)CC1. The van der Waals surface area contributed by atoms with Crippen molar-refractivity contribution < 1.29 is 18.4 Å². The number of likely N-dealkylation sites (tertiary alicyclic amines) is 2. The minimum atomic E-state index is -0.615. The van der Waals surface area contributed by atoms with Crippen molar-refractivity contribution in [3.63, 3.8) is 0 Å². The molecular formula is C30H38ClF2N3O2. The van der Waals surface area contributed by atoms with Gasteiger partial charge in [-0.15, -0.1) is 0 Å². The first-order valence-corrected chi connectivity index (χ1v) is 13.8. The molecule has 2 aromatic rings. The average molecular weight is 546 g/mol. The van der Waals surface area contributed by atoms with E-state index in [1.807, 2.05) is 30.0 Å². The molecule has 2 fully saturated rings. The van der Waals surface area contributed by atoms with Crippen molar-refractivity contribution in [2.24, 2.45) is 5.92 Å². The molecule has 0 aromatic heterocycles. The van der Waals surface area contributed by atoms with Gasteiger partial charge in [-0.25, -0.2) is 8.78 Å². The van der Waals surface area contributed by atoms with Gasteiger partial charge in [0.25, 0.3) is 0 Å². The molecule has 0 bridgehead atoms. The van der Waals surface area contributed by atoms with Crippen LogP contribution in [0.2, 0.25) is 5.02 Å². The molecule has 206 valence electrons. The Morgan fingerprint density at radius 1 is 1.03 bits per heavy atom. The van der Waals surface area contributed by atoms with E-state index in [0.29, 0.717) is 36.8 Å². The highest BCUT2D eigenvalue weighted by atomic mass is 35.5. The Labute approximate surface area is 229 Å². The number of halogens is 3. The quantitative estimate of drug-likeness (QED) is 0.499. The van der Waals surface area contributed by atoms with E-state index in [0.717, 1.165) is 30.0 Å². The third kappa shape index (κ3) is 6.20. The maximum Gasteiger partial charge on any atom is 0.227 e. The lowest BCUT2D eigenvalue weighted by Crippen LogP contribution is -2.44. The standard InChI is InChI=1S/C30H38ClF2N3O2/c1-18(34-19(2)37)25-14-21(31)6-8-23(25)20-10-12-35(13-11-20)29(38)27-17-36(30(3,4)5)16-26(27)24-9-7-22(32)15-28(24)33/h6-9,14-15,18,20,26-27H,10-13,16-17H2,1-5H3,(H,34,37)/t18?,26?,27-/m1/s1. The predicted molar refractivity (Wildman–Crippen MR) is 146 cm³/mol. The van der Waals surface area contributed by atoms with Crippen LogP contribution in [0.4, 0.5) is 8.78 Å². The van der Waals surface area contributed by atoms with Crippen molar-refractivity contribution in [1.29, 1.82) is 0 Å². The Kier molecular flexibility index (Phi) is 8.48. The highest BCUT2D eigenvalue weighted by molar-refractivity contribution is 6.30. The minimum absolute atomic E-state index is 0.0341. The topological polar surface area (TPSA) is 52.7 Å². The van der Waals surface area contributed by atoms with Crippen molar-refractivity contribution in [2.45, 2.75) is 70.9 Å². The summed E-state index contributed by atoms with van der Waals surface area (Å²) in [4.78, 5) is 29.7. The molecule has 2 amide bonds. The molecule has 0 radical (unpaired) electrons. The highest BCUT2D eigenvalue weighted by Gasteiger charge is 2.44. The number of amides is 2. The molecule has 3 atom stereocenters. The van der Waals surface area contributed by atoms with Crippen LogP contribution in [0.25, 0.3) is 0 Å². The molecule has 4 rings (SSSR count). The van der Waals surface area contributed by atoms with Crippen molar-refractivity contribution in [2.75, 3.05) is 26.2 Å². The summed E-state index contributed by atoms with van der Waals surface area (Å²) in [6.07, 6.45) is 1.58. The predicted octanol–water partition coefficient (Wildman–Crippen LogP) is 6.04. The number of hydrogen-bond acceptors (Lipinski definition) is 3. The molecule has 5 nitrogen and oxygen atoms in total. The van der Waals surface area contributed by atoms with Gasteiger partial charge in [-0.3, -0.25) is 14.5 Å². The first-order valence-electron chi connectivity index (χ1n) is 13.4. The zero-order valence-electron chi connectivity index (χ0n) is 22.9. The van der Waals surface area contributed by atoms with Crippen LogP contribution in [0.15, 0.2) is 36.4 Å². The molecule has 2 aliphatic rings. The van der Waals surface area contributed by atoms with E-state index in [4.69, 9.17) is 11.6 Å². The van der Waals surface area contributed by atoms with E-state index in [-0.39, 0.29) is 35.2 Å². The number of benzene rings is 2. The summed E-state index contributed by atoms with van der Waals surface area (Å²) in [5, 5.41) is 3.58. The summed E-state index contributed by atoms with van der Waals surface area (Å²) in [5.41, 5.74) is 2.38. The lowest BCUT2D eigenvalue weighted by molar-refractivity contribution is -0.136. The third-order valence-electron chi connectivity index (χ3n) is 8.13. The molecule has 0 spiro atoms. The molecule has 8 heteroatoms. The first kappa shape index (κ1) is 28.5. The molecule has 1 N–H and O–H groups in total. The van der Waals surface area contributed by atoms with Crippen molar-refractivity contribution in [3.05, 3.63) is 69.7 Å². The fourth-order valence-electron chi connectivity index (χ4n) is 6.04. The Balaban J connectivity index is 1.51. The molecular weight excluding hydrogens is 508 g/mol. The summed E-state index contributed by atoms with van der Waals surface area (Å²) in [5.74, 6) is -1.76. The van der Waals surface area contributed by atoms with Gasteiger partial charge in [-0.05, 0) is 81.3 Å². The molecule has 2 saturated heterocycles. The summed E-state index contributed by atoms with van der Waals surface area (Å²) in [7, 11) is 0. The summed E-state index contributed by atoms with van der Waals surface area (Å²) in [6, 6.07) is 9.32. The number of carbonyl (C=O) groups is 2. The van der Waals surface area contributed by atoms with Crippen molar-refractivity contribution in [1.82, 2.24) is 15.1 Å². The maximum absolute atomic E-state index is 14.8. The Bertz CT molecular complexity index is 1190. The van der Waals surface area contributed by atoms with Gasteiger partial charge in [0.15, 0.2) is 0 Å². The van der Waals surface area contributed by atoms with Gasteiger partial charge in [0.1, 0.15) is 11.6 Å². The fourth-order valence-corrected chi connectivity index (χ4v) is 6.22. The molecule has 2 aliphatic heterocycles. The van der Waals surface area contributed by atoms with Gasteiger partial charge in [-0.1, -0.05) is 23.7 Å². The first-order chi connectivity index (χ1) is 17.8.